The van der Waals surface area contributed by atoms with Crippen molar-refractivity contribution in [3.05, 3.63) is 35.6 Å². The molecule has 0 saturated carbocycles. The number of ketones is 1. The molecule has 1 heterocycles. The molecule has 1 aromatic carbocycles. The van der Waals surface area contributed by atoms with E-state index in [9.17, 15) is 4.79 Å². The van der Waals surface area contributed by atoms with Crippen molar-refractivity contribution in [2.24, 2.45) is 0 Å². The Balaban J connectivity index is 2.54. The predicted octanol–water partition coefficient (Wildman–Crippen LogP) is 3.98. The van der Waals surface area contributed by atoms with Crippen molar-refractivity contribution in [1.29, 1.82) is 0 Å². The van der Waals surface area contributed by atoms with Crippen LogP contribution in [0.4, 0.5) is 0 Å². The van der Waals surface area contributed by atoms with Crippen LogP contribution >= 0.6 is 0 Å². The second-order valence-corrected chi connectivity index (χ2v) is 4.06. The topological polar surface area (TPSA) is 30.2 Å². The van der Waals surface area contributed by atoms with E-state index in [4.69, 9.17) is 4.42 Å². The van der Waals surface area contributed by atoms with Crippen molar-refractivity contribution >= 4 is 16.8 Å². The number of fused-ring (bicyclic) bond motifs is 1. The fraction of sp³-hybridized carbons (Fsp3) is 0.357. The first-order valence-electron chi connectivity index (χ1n) is 5.75. The second-order valence-electron chi connectivity index (χ2n) is 4.06. The Morgan fingerprint density at radius 3 is 2.75 bits per heavy atom. The normalized spacial score (nSPS) is 10.9. The molecular weight excluding hydrogens is 200 g/mol. The Morgan fingerprint density at radius 2 is 2.06 bits per heavy atom. The number of aryl methyl sites for hydroxylation is 1. The summed E-state index contributed by atoms with van der Waals surface area (Å²) in [6.45, 7) is 3.74. The monoisotopic (exact) mass is 216 g/mol. The minimum atomic E-state index is 0.0936. The lowest BCUT2D eigenvalue weighted by molar-refractivity contribution is 0.101. The highest BCUT2D eigenvalue weighted by atomic mass is 16.3. The van der Waals surface area contributed by atoms with Gasteiger partial charge in [0.15, 0.2) is 5.78 Å². The molecule has 2 rings (SSSR count). The fourth-order valence-electron chi connectivity index (χ4n) is 2.00. The van der Waals surface area contributed by atoms with Gasteiger partial charge in [0, 0.05) is 11.8 Å². The van der Waals surface area contributed by atoms with Crippen molar-refractivity contribution in [3.8, 4) is 0 Å². The SMILES string of the molecule is CCCCc1oc2ccccc2c1C(C)=O. The van der Waals surface area contributed by atoms with Crippen LogP contribution in [0.5, 0.6) is 0 Å². The van der Waals surface area contributed by atoms with Crippen LogP contribution in [0.3, 0.4) is 0 Å². The fourth-order valence-corrected chi connectivity index (χ4v) is 2.00. The standard InChI is InChI=1S/C14H16O2/c1-3-4-8-13-14(10(2)15)11-7-5-6-9-12(11)16-13/h5-7,9H,3-4,8H2,1-2H3. The zero-order valence-corrected chi connectivity index (χ0v) is 9.75. The first-order valence-corrected chi connectivity index (χ1v) is 5.75. The minimum absolute atomic E-state index is 0.0936. The van der Waals surface area contributed by atoms with E-state index < -0.39 is 0 Å². The number of Topliss-reactive ketones (excluding diaryl/α,β-unsaturated/α-hetero) is 1. The van der Waals surface area contributed by atoms with Gasteiger partial charge in [0.1, 0.15) is 11.3 Å². The van der Waals surface area contributed by atoms with Crippen molar-refractivity contribution in [2.75, 3.05) is 0 Å². The molecular formula is C14H16O2. The molecule has 0 aliphatic rings. The number of furan rings is 1. The van der Waals surface area contributed by atoms with E-state index in [1.807, 2.05) is 24.3 Å². The first kappa shape index (κ1) is 10.9. The number of benzene rings is 1. The highest BCUT2D eigenvalue weighted by Gasteiger charge is 2.16. The van der Waals surface area contributed by atoms with Crippen molar-refractivity contribution in [3.63, 3.8) is 0 Å². The maximum absolute atomic E-state index is 11.6. The second kappa shape index (κ2) is 4.52. The molecule has 0 saturated heterocycles. The Hall–Kier alpha value is -1.57. The Morgan fingerprint density at radius 1 is 1.31 bits per heavy atom. The van der Waals surface area contributed by atoms with Crippen molar-refractivity contribution in [1.82, 2.24) is 0 Å². The van der Waals surface area contributed by atoms with Crippen LogP contribution in [0.25, 0.3) is 11.0 Å². The molecule has 2 aromatic rings. The van der Waals surface area contributed by atoms with Gasteiger partial charge in [-0.05, 0) is 19.4 Å². The summed E-state index contributed by atoms with van der Waals surface area (Å²) in [5.74, 6) is 0.937. The summed E-state index contributed by atoms with van der Waals surface area (Å²) in [7, 11) is 0. The van der Waals surface area contributed by atoms with Gasteiger partial charge in [-0.3, -0.25) is 4.79 Å². The van der Waals surface area contributed by atoms with E-state index in [0.29, 0.717) is 0 Å². The summed E-state index contributed by atoms with van der Waals surface area (Å²) in [6, 6.07) is 7.73. The first-order chi connectivity index (χ1) is 7.74. The smallest absolute Gasteiger partial charge is 0.163 e. The van der Waals surface area contributed by atoms with Crippen LogP contribution in [-0.4, -0.2) is 5.78 Å². The highest BCUT2D eigenvalue weighted by molar-refractivity contribution is 6.07. The molecule has 0 aliphatic heterocycles. The van der Waals surface area contributed by atoms with Gasteiger partial charge in [-0.1, -0.05) is 31.5 Å². The van der Waals surface area contributed by atoms with Crippen LogP contribution < -0.4 is 0 Å². The minimum Gasteiger partial charge on any atom is -0.460 e. The molecule has 16 heavy (non-hydrogen) atoms. The Bertz CT molecular complexity index is 508. The zero-order chi connectivity index (χ0) is 11.5. The number of unbranched alkanes of at least 4 members (excludes halogenated alkanes) is 1. The summed E-state index contributed by atoms with van der Waals surface area (Å²) in [4.78, 5) is 11.6. The summed E-state index contributed by atoms with van der Waals surface area (Å²) in [5, 5.41) is 0.945. The molecule has 0 bridgehead atoms. The molecule has 0 fully saturated rings. The van der Waals surface area contributed by atoms with Gasteiger partial charge in [0.05, 0.1) is 5.56 Å². The van der Waals surface area contributed by atoms with Gasteiger partial charge in [0.2, 0.25) is 0 Å². The van der Waals surface area contributed by atoms with Crippen LogP contribution in [-0.2, 0) is 6.42 Å². The molecule has 0 amide bonds. The third-order valence-electron chi connectivity index (χ3n) is 2.78. The number of hydrogen-bond donors (Lipinski definition) is 0. The lowest BCUT2D eigenvalue weighted by Gasteiger charge is -1.97. The number of rotatable bonds is 4. The molecule has 0 radical (unpaired) electrons. The van der Waals surface area contributed by atoms with Gasteiger partial charge < -0.3 is 4.42 Å². The number of para-hydroxylation sites is 1. The Labute approximate surface area is 95.3 Å². The van der Waals surface area contributed by atoms with Gasteiger partial charge in [-0.2, -0.15) is 0 Å². The maximum Gasteiger partial charge on any atom is 0.163 e. The quantitative estimate of drug-likeness (QED) is 0.723. The summed E-state index contributed by atoms with van der Waals surface area (Å²) in [6.07, 6.45) is 3.01. The summed E-state index contributed by atoms with van der Waals surface area (Å²) >= 11 is 0. The average Bonchev–Trinajstić information content (AvgIpc) is 2.64. The predicted molar refractivity (Wildman–Crippen MR) is 64.8 cm³/mol. The summed E-state index contributed by atoms with van der Waals surface area (Å²) < 4.78 is 5.74. The molecule has 0 atom stereocenters. The third kappa shape index (κ3) is 1.87. The van der Waals surface area contributed by atoms with Gasteiger partial charge in [-0.15, -0.1) is 0 Å². The number of hydrogen-bond acceptors (Lipinski definition) is 2. The molecule has 0 unspecified atom stereocenters. The molecule has 0 N–H and O–H groups in total. The van der Waals surface area contributed by atoms with Crippen LogP contribution in [0, 0.1) is 0 Å². The van der Waals surface area contributed by atoms with E-state index in [1.165, 1.54) is 0 Å². The van der Waals surface area contributed by atoms with E-state index >= 15 is 0 Å². The largest absolute Gasteiger partial charge is 0.460 e. The molecule has 0 aliphatic carbocycles. The number of carbonyl (C=O) groups is 1. The van der Waals surface area contributed by atoms with Crippen LogP contribution in [0.2, 0.25) is 0 Å². The maximum atomic E-state index is 11.6. The lowest BCUT2D eigenvalue weighted by Crippen LogP contribution is -1.96. The average molecular weight is 216 g/mol. The van der Waals surface area contributed by atoms with Crippen LogP contribution in [0.15, 0.2) is 28.7 Å². The lowest BCUT2D eigenvalue weighted by atomic mass is 10.0. The molecule has 0 spiro atoms. The molecule has 84 valence electrons. The van der Waals surface area contributed by atoms with E-state index in [-0.39, 0.29) is 5.78 Å². The van der Waals surface area contributed by atoms with E-state index in [2.05, 4.69) is 6.92 Å². The van der Waals surface area contributed by atoms with Crippen molar-refractivity contribution < 1.29 is 9.21 Å². The molecule has 1 aromatic heterocycles. The van der Waals surface area contributed by atoms with Gasteiger partial charge in [-0.25, -0.2) is 0 Å². The summed E-state index contributed by atoms with van der Waals surface area (Å²) in [5.41, 5.74) is 1.59. The van der Waals surface area contributed by atoms with Crippen LogP contribution in [0.1, 0.15) is 42.8 Å². The highest BCUT2D eigenvalue weighted by Crippen LogP contribution is 2.27. The van der Waals surface area contributed by atoms with E-state index in [0.717, 1.165) is 41.6 Å². The molecule has 2 nitrogen and oxygen atoms in total. The molecule has 2 heteroatoms. The number of carbonyl (C=O) groups excluding carboxylic acids is 1. The Kier molecular flexibility index (Phi) is 3.09. The van der Waals surface area contributed by atoms with Gasteiger partial charge in [0.25, 0.3) is 0 Å². The third-order valence-corrected chi connectivity index (χ3v) is 2.78. The zero-order valence-electron chi connectivity index (χ0n) is 9.75. The van der Waals surface area contributed by atoms with E-state index in [1.54, 1.807) is 6.92 Å². The van der Waals surface area contributed by atoms with Crippen molar-refractivity contribution in [2.45, 2.75) is 33.1 Å². The van der Waals surface area contributed by atoms with Gasteiger partial charge >= 0.3 is 0 Å².